The van der Waals surface area contributed by atoms with Crippen LogP contribution in [0.4, 0.5) is 0 Å². The zero-order chi connectivity index (χ0) is 41.5. The summed E-state index contributed by atoms with van der Waals surface area (Å²) in [5, 5.41) is 20.5. The molecule has 1 aromatic rings. The summed E-state index contributed by atoms with van der Waals surface area (Å²) in [5.74, 6) is -4.88. The molecule has 2 fully saturated rings. The number of carbonyl (C=O) groups excluding carboxylic acids is 6. The lowest BCUT2D eigenvalue weighted by Crippen LogP contribution is -2.59. The van der Waals surface area contributed by atoms with Crippen LogP contribution < -0.4 is 38.5 Å². The number of guanidine groups is 1. The number of nitrogens with zero attached hydrogens (tertiary/aromatic N) is 4. The van der Waals surface area contributed by atoms with Crippen molar-refractivity contribution in [2.45, 2.75) is 122 Å². The molecule has 12 N–H and O–H groups in total. The molecule has 20 nitrogen and oxygen atoms in total. The number of aliphatic carboxylic acids is 1. The lowest BCUT2D eigenvalue weighted by Gasteiger charge is -2.31. The number of aliphatic imine (C=N–C) groups is 1. The first-order chi connectivity index (χ1) is 26.5. The van der Waals surface area contributed by atoms with Crippen LogP contribution in [0.1, 0.15) is 84.8 Å². The molecule has 0 unspecified atom stereocenters. The van der Waals surface area contributed by atoms with Crippen LogP contribution in [0.3, 0.4) is 0 Å². The number of hydrogen-bond acceptors (Lipinski definition) is 10. The van der Waals surface area contributed by atoms with E-state index in [2.05, 4.69) is 36.2 Å². The molecule has 3 heterocycles. The summed E-state index contributed by atoms with van der Waals surface area (Å²) in [7, 11) is 0. The predicted molar refractivity (Wildman–Crippen MR) is 205 cm³/mol. The third-order valence-corrected chi connectivity index (χ3v) is 9.72. The van der Waals surface area contributed by atoms with E-state index in [0.717, 1.165) is 0 Å². The molecular formula is C36H60N12O8. The van der Waals surface area contributed by atoms with Crippen LogP contribution in [0, 0.1) is 11.8 Å². The molecule has 2 saturated heterocycles. The smallest absolute Gasteiger partial charge is 0.326 e. The Morgan fingerprint density at radius 3 is 2.00 bits per heavy atom. The second-order valence-electron chi connectivity index (χ2n) is 15.2. The van der Waals surface area contributed by atoms with Crippen LogP contribution in [0.5, 0.6) is 0 Å². The number of rotatable bonds is 21. The molecule has 312 valence electrons. The number of carbonyl (C=O) groups is 7. The number of imidazole rings is 1. The molecule has 0 aromatic carbocycles. The van der Waals surface area contributed by atoms with Crippen molar-refractivity contribution >= 4 is 47.4 Å². The zero-order valence-corrected chi connectivity index (χ0v) is 32.8. The fourth-order valence-corrected chi connectivity index (χ4v) is 7.01. The summed E-state index contributed by atoms with van der Waals surface area (Å²) in [6.45, 7) is 7.92. The molecule has 2 aliphatic heterocycles. The lowest BCUT2D eigenvalue weighted by molar-refractivity contribution is -0.146. The Hall–Kier alpha value is -5.27. The van der Waals surface area contributed by atoms with E-state index in [9.17, 15) is 38.7 Å². The van der Waals surface area contributed by atoms with E-state index >= 15 is 0 Å². The summed E-state index contributed by atoms with van der Waals surface area (Å²) >= 11 is 0. The number of aromatic amines is 1. The van der Waals surface area contributed by atoms with Gasteiger partial charge in [-0.1, -0.05) is 27.7 Å². The number of nitrogens with two attached hydrogens (primary N) is 3. The van der Waals surface area contributed by atoms with Gasteiger partial charge in [-0.25, -0.2) is 9.78 Å². The molecule has 56 heavy (non-hydrogen) atoms. The SMILES string of the molecule is CC(C)C[C@H](NC(=O)[C@H](CC(C)C)NC(=O)[C@H](CCCN=C(N)N)NC(=O)[C@H](Cc1cnc[nH]1)NC(=O)[C@@H]1CCCN1C(=O)[C@@H]1CCCN1C(=O)CN)C(=O)O. The van der Waals surface area contributed by atoms with Crippen molar-refractivity contribution in [3.05, 3.63) is 18.2 Å². The summed E-state index contributed by atoms with van der Waals surface area (Å²) in [4.78, 5) is 107. The van der Waals surface area contributed by atoms with Crippen molar-refractivity contribution in [2.75, 3.05) is 26.2 Å². The molecular weight excluding hydrogens is 728 g/mol. The second kappa shape index (κ2) is 21.7. The Bertz CT molecular complexity index is 1550. The van der Waals surface area contributed by atoms with Crippen molar-refractivity contribution in [1.82, 2.24) is 41.0 Å². The van der Waals surface area contributed by atoms with Crippen LogP contribution in [-0.2, 0) is 40.0 Å². The molecule has 0 bridgehead atoms. The number of hydrogen-bond donors (Lipinski definition) is 9. The van der Waals surface area contributed by atoms with Crippen molar-refractivity contribution in [1.29, 1.82) is 0 Å². The summed E-state index contributed by atoms with van der Waals surface area (Å²) in [6.07, 6.45) is 5.43. The molecule has 6 atom stereocenters. The van der Waals surface area contributed by atoms with Crippen LogP contribution in [-0.4, -0.2) is 135 Å². The van der Waals surface area contributed by atoms with Gasteiger partial charge in [0, 0.05) is 37.9 Å². The minimum atomic E-state index is -1.24. The Labute approximate surface area is 326 Å². The van der Waals surface area contributed by atoms with Crippen molar-refractivity contribution in [2.24, 2.45) is 34.0 Å². The normalized spacial score (nSPS) is 18.8. The van der Waals surface area contributed by atoms with E-state index in [0.29, 0.717) is 44.5 Å². The first-order valence-corrected chi connectivity index (χ1v) is 19.3. The number of aromatic nitrogens is 2. The highest BCUT2D eigenvalue weighted by Gasteiger charge is 2.43. The average Bonchev–Trinajstić information content (AvgIpc) is 3.93. The van der Waals surface area contributed by atoms with Crippen LogP contribution in [0.25, 0.3) is 0 Å². The van der Waals surface area contributed by atoms with Crippen LogP contribution in [0.15, 0.2) is 17.5 Å². The topological polar surface area (TPSA) is 313 Å². The maximum absolute atomic E-state index is 14.1. The average molecular weight is 789 g/mol. The Morgan fingerprint density at radius 2 is 1.41 bits per heavy atom. The standard InChI is InChI=1S/C36H60N12O8/c1-20(2)14-24(31(51)46-26(35(55)56)15-21(3)4)44-30(50)23(8-5-11-41-36(38)39)43-32(52)25(16-22-18-40-19-42-22)45-33(53)27-9-6-13-48(27)34(54)28-10-7-12-47(28)29(49)17-37/h18-21,23-28H,5-17,37H2,1-4H3,(H,40,42)(H,43,52)(H,44,50)(H,45,53)(H,46,51)(H,55,56)(H4,38,39,41)/t23-,24-,25-,26-,27-,28-/m0/s1. The highest BCUT2D eigenvalue weighted by Crippen LogP contribution is 2.25. The fourth-order valence-electron chi connectivity index (χ4n) is 7.01. The maximum atomic E-state index is 14.1. The van der Waals surface area contributed by atoms with Gasteiger partial charge < -0.3 is 58.4 Å². The number of H-pyrrole nitrogens is 1. The molecule has 0 radical (unpaired) electrons. The van der Waals surface area contributed by atoms with Crippen LogP contribution >= 0.6 is 0 Å². The quantitative estimate of drug-likeness (QED) is 0.0374. The fraction of sp³-hybridized carbons (Fsp3) is 0.694. The number of carboxylic acid groups (broad SMARTS) is 1. The Morgan fingerprint density at radius 1 is 0.839 bits per heavy atom. The van der Waals surface area contributed by atoms with Gasteiger partial charge in [-0.15, -0.1) is 0 Å². The van der Waals surface area contributed by atoms with E-state index in [1.165, 1.54) is 22.3 Å². The van der Waals surface area contributed by atoms with Gasteiger partial charge >= 0.3 is 5.97 Å². The highest BCUT2D eigenvalue weighted by atomic mass is 16.4. The number of carboxylic acids is 1. The molecule has 0 aliphatic carbocycles. The first kappa shape index (κ1) is 45.1. The maximum Gasteiger partial charge on any atom is 0.326 e. The zero-order valence-electron chi connectivity index (χ0n) is 32.8. The molecule has 2 aliphatic rings. The van der Waals surface area contributed by atoms with Crippen molar-refractivity contribution in [3.63, 3.8) is 0 Å². The third-order valence-electron chi connectivity index (χ3n) is 9.72. The third kappa shape index (κ3) is 13.5. The second-order valence-corrected chi connectivity index (χ2v) is 15.2. The van der Waals surface area contributed by atoms with Gasteiger partial charge in [-0.2, -0.15) is 0 Å². The minimum Gasteiger partial charge on any atom is -0.480 e. The molecule has 6 amide bonds. The first-order valence-electron chi connectivity index (χ1n) is 19.3. The van der Waals surface area contributed by atoms with E-state index in [1.807, 2.05) is 27.7 Å². The lowest BCUT2D eigenvalue weighted by atomic mass is 10.00. The predicted octanol–water partition coefficient (Wildman–Crippen LogP) is -1.94. The molecule has 0 spiro atoms. The number of likely N-dealkylation sites (tertiary alicyclic amines) is 2. The summed E-state index contributed by atoms with van der Waals surface area (Å²) in [5.41, 5.74) is 17.0. The summed E-state index contributed by atoms with van der Waals surface area (Å²) in [6, 6.07) is -6.41. The van der Waals surface area contributed by atoms with Crippen molar-refractivity contribution in [3.8, 4) is 0 Å². The molecule has 3 rings (SSSR count). The molecule has 1 aromatic heterocycles. The van der Waals surface area contributed by atoms with Crippen LogP contribution in [0.2, 0.25) is 0 Å². The molecule has 0 saturated carbocycles. The number of nitrogens with one attached hydrogen (secondary N) is 5. The largest absolute Gasteiger partial charge is 0.480 e. The van der Waals surface area contributed by atoms with Gasteiger partial charge in [0.05, 0.1) is 12.9 Å². The van der Waals surface area contributed by atoms with Gasteiger partial charge in [0.2, 0.25) is 35.4 Å². The van der Waals surface area contributed by atoms with E-state index in [4.69, 9.17) is 17.2 Å². The van der Waals surface area contributed by atoms with Gasteiger partial charge in [-0.3, -0.25) is 33.8 Å². The van der Waals surface area contributed by atoms with E-state index in [-0.39, 0.29) is 74.8 Å². The van der Waals surface area contributed by atoms with Gasteiger partial charge in [0.25, 0.3) is 0 Å². The van der Waals surface area contributed by atoms with Gasteiger partial charge in [-0.05, 0) is 63.2 Å². The summed E-state index contributed by atoms with van der Waals surface area (Å²) < 4.78 is 0. The van der Waals surface area contributed by atoms with Gasteiger partial charge in [0.1, 0.15) is 36.3 Å². The monoisotopic (exact) mass is 788 g/mol. The highest BCUT2D eigenvalue weighted by molar-refractivity contribution is 5.97. The number of amides is 6. The van der Waals surface area contributed by atoms with Crippen molar-refractivity contribution < 1.29 is 38.7 Å². The van der Waals surface area contributed by atoms with E-state index in [1.54, 1.807) is 0 Å². The van der Waals surface area contributed by atoms with Gasteiger partial charge in [0.15, 0.2) is 5.96 Å². The Balaban J connectivity index is 1.84. The minimum absolute atomic E-state index is 0.0311. The molecule has 20 heteroatoms. The van der Waals surface area contributed by atoms with E-state index < -0.39 is 65.8 Å². The Kier molecular flexibility index (Phi) is 17.5.